The average molecular weight is 561 g/mol. The molecular formula is C24H20ClF3O8S. The first-order valence-electron chi connectivity index (χ1n) is 10.6. The molecule has 2 aromatic rings. The van der Waals surface area contributed by atoms with Gasteiger partial charge in [-0.15, -0.1) is 0 Å². The summed E-state index contributed by atoms with van der Waals surface area (Å²) in [6.07, 6.45) is -6.26. The number of sulfone groups is 1. The van der Waals surface area contributed by atoms with E-state index in [1.165, 1.54) is 19.1 Å². The molecule has 198 valence electrons. The minimum absolute atomic E-state index is 0.00256. The third-order valence-electron chi connectivity index (χ3n) is 5.14. The molecule has 1 aliphatic rings. The molecular weight excluding hydrogens is 541 g/mol. The van der Waals surface area contributed by atoms with Crippen LogP contribution in [-0.2, 0) is 24.1 Å². The van der Waals surface area contributed by atoms with E-state index in [1.54, 1.807) is 18.2 Å². The zero-order valence-corrected chi connectivity index (χ0v) is 20.9. The molecule has 13 heteroatoms. The Balaban J connectivity index is 1.82. The van der Waals surface area contributed by atoms with Crippen LogP contribution in [0.1, 0.15) is 39.1 Å². The monoisotopic (exact) mass is 560 g/mol. The Kier molecular flexibility index (Phi) is 8.64. The second-order valence-electron chi connectivity index (χ2n) is 7.99. The lowest BCUT2D eigenvalue weighted by Gasteiger charge is -2.21. The molecule has 1 aliphatic carbocycles. The fourth-order valence-electron chi connectivity index (χ4n) is 3.51. The van der Waals surface area contributed by atoms with Crippen molar-refractivity contribution in [2.24, 2.45) is 0 Å². The molecule has 0 amide bonds. The van der Waals surface area contributed by atoms with E-state index in [1.807, 2.05) is 0 Å². The topological polar surface area (TPSA) is 113 Å². The van der Waals surface area contributed by atoms with Gasteiger partial charge in [0.15, 0.2) is 27.5 Å². The van der Waals surface area contributed by atoms with E-state index >= 15 is 0 Å². The second-order valence-corrected chi connectivity index (χ2v) is 10.3. The van der Waals surface area contributed by atoms with Gasteiger partial charge in [0.25, 0.3) is 6.36 Å². The lowest BCUT2D eigenvalue weighted by atomic mass is 10.0. The minimum atomic E-state index is -4.14. The Morgan fingerprint density at radius 1 is 1.11 bits per heavy atom. The van der Waals surface area contributed by atoms with Crippen LogP contribution in [0.5, 0.6) is 5.75 Å². The third-order valence-corrected chi connectivity index (χ3v) is 6.76. The molecule has 2 aromatic carbocycles. The Hall–Kier alpha value is -3.38. The molecule has 0 saturated heterocycles. The predicted molar refractivity (Wildman–Crippen MR) is 124 cm³/mol. The number of ether oxygens (including phenoxy) is 3. The fraction of sp³-hybridized carbons (Fsp3) is 0.292. The number of carbonyl (C=O) groups is 3. The highest BCUT2D eigenvalue weighted by atomic mass is 35.5. The molecule has 0 aliphatic heterocycles. The molecule has 0 saturated carbocycles. The van der Waals surface area contributed by atoms with Crippen LogP contribution < -0.4 is 4.74 Å². The number of halogens is 4. The number of allylic oxidation sites excluding steroid dienone is 1. The van der Waals surface area contributed by atoms with Crippen LogP contribution in [0.25, 0.3) is 0 Å². The van der Waals surface area contributed by atoms with Gasteiger partial charge in [0.05, 0.1) is 16.1 Å². The zero-order valence-electron chi connectivity index (χ0n) is 19.4. The van der Waals surface area contributed by atoms with Crippen molar-refractivity contribution in [2.75, 3.05) is 6.26 Å². The highest BCUT2D eigenvalue weighted by Gasteiger charge is 2.32. The summed E-state index contributed by atoms with van der Waals surface area (Å²) >= 11 is 6.07. The maximum atomic E-state index is 13.7. The smallest absolute Gasteiger partial charge is 0.344 e. The molecule has 2 atom stereocenters. The van der Waals surface area contributed by atoms with Gasteiger partial charge >= 0.3 is 18.4 Å². The van der Waals surface area contributed by atoms with Gasteiger partial charge < -0.3 is 14.2 Å². The fourth-order valence-corrected chi connectivity index (χ4v) is 4.97. The van der Waals surface area contributed by atoms with Gasteiger partial charge in [0.1, 0.15) is 10.7 Å². The maximum absolute atomic E-state index is 13.7. The second kappa shape index (κ2) is 11.3. The number of esters is 2. The van der Waals surface area contributed by atoms with Gasteiger partial charge in [0, 0.05) is 18.8 Å². The molecule has 37 heavy (non-hydrogen) atoms. The van der Waals surface area contributed by atoms with Gasteiger partial charge in [-0.3, -0.25) is 4.79 Å². The lowest BCUT2D eigenvalue weighted by Crippen LogP contribution is -2.29. The van der Waals surface area contributed by atoms with Crippen molar-refractivity contribution in [1.82, 2.24) is 0 Å². The molecule has 0 radical (unpaired) electrons. The van der Waals surface area contributed by atoms with Gasteiger partial charge in [-0.25, -0.2) is 26.8 Å². The zero-order chi connectivity index (χ0) is 27.5. The highest BCUT2D eigenvalue weighted by Crippen LogP contribution is 2.39. The van der Waals surface area contributed by atoms with Gasteiger partial charge in [-0.1, -0.05) is 29.8 Å². The van der Waals surface area contributed by atoms with Crippen molar-refractivity contribution in [1.29, 1.82) is 0 Å². The van der Waals surface area contributed by atoms with Crippen LogP contribution in [0.15, 0.2) is 53.1 Å². The van der Waals surface area contributed by atoms with E-state index in [9.17, 15) is 36.0 Å². The first-order valence-corrected chi connectivity index (χ1v) is 12.9. The largest absolute Gasteiger partial charge is 0.451 e. The number of benzene rings is 2. The van der Waals surface area contributed by atoms with E-state index in [2.05, 4.69) is 4.74 Å². The SMILES string of the molecule is Cc1cc(C(=O)OC2=CC(=O)C(OC(=O)c3ccccc3)CC2)c(Cl)c(OC(F)C(F)F)c1S(C)(=O)=O. The lowest BCUT2D eigenvalue weighted by molar-refractivity contribution is -0.124. The van der Waals surface area contributed by atoms with E-state index in [0.717, 1.165) is 18.4 Å². The van der Waals surface area contributed by atoms with Crippen LogP contribution in [0.3, 0.4) is 0 Å². The number of aryl methyl sites for hydroxylation is 1. The summed E-state index contributed by atoms with van der Waals surface area (Å²) in [5, 5.41) is -0.767. The van der Waals surface area contributed by atoms with Crippen LogP contribution >= 0.6 is 11.6 Å². The molecule has 0 bridgehead atoms. The van der Waals surface area contributed by atoms with Crippen LogP contribution in [0.2, 0.25) is 5.02 Å². The number of carbonyl (C=O) groups excluding carboxylic acids is 3. The maximum Gasteiger partial charge on any atom is 0.344 e. The molecule has 2 unspecified atom stereocenters. The van der Waals surface area contributed by atoms with Crippen molar-refractivity contribution in [3.8, 4) is 5.75 Å². The van der Waals surface area contributed by atoms with Gasteiger partial charge in [0.2, 0.25) is 0 Å². The number of ketones is 1. The Bertz CT molecular complexity index is 1360. The quantitative estimate of drug-likeness (QED) is 0.430. The predicted octanol–water partition coefficient (Wildman–Crippen LogP) is 4.62. The third kappa shape index (κ3) is 6.69. The highest BCUT2D eigenvalue weighted by molar-refractivity contribution is 7.90. The summed E-state index contributed by atoms with van der Waals surface area (Å²) in [7, 11) is -4.14. The van der Waals surface area contributed by atoms with Gasteiger partial charge in [-0.05, 0) is 37.1 Å². The van der Waals surface area contributed by atoms with Crippen molar-refractivity contribution >= 4 is 39.2 Å². The molecule has 0 spiro atoms. The van der Waals surface area contributed by atoms with Gasteiger partial charge in [-0.2, -0.15) is 4.39 Å². The van der Waals surface area contributed by atoms with E-state index in [0.29, 0.717) is 0 Å². The summed E-state index contributed by atoms with van der Waals surface area (Å²) < 4.78 is 78.3. The van der Waals surface area contributed by atoms with E-state index in [-0.39, 0.29) is 29.7 Å². The summed E-state index contributed by atoms with van der Waals surface area (Å²) in [5.74, 6) is -3.60. The van der Waals surface area contributed by atoms with Crippen LogP contribution in [0.4, 0.5) is 13.2 Å². The van der Waals surface area contributed by atoms with E-state index < -0.39 is 67.7 Å². The molecule has 0 heterocycles. The number of hydrogen-bond acceptors (Lipinski definition) is 8. The Morgan fingerprint density at radius 3 is 2.32 bits per heavy atom. The first kappa shape index (κ1) is 28.2. The summed E-state index contributed by atoms with van der Waals surface area (Å²) in [4.78, 5) is 36.7. The Morgan fingerprint density at radius 2 is 1.76 bits per heavy atom. The normalized spacial score (nSPS) is 16.7. The van der Waals surface area contributed by atoms with Crippen LogP contribution in [-0.4, -0.2) is 51.3 Å². The summed E-state index contributed by atoms with van der Waals surface area (Å²) in [6, 6.07) is 9.01. The van der Waals surface area contributed by atoms with E-state index in [4.69, 9.17) is 21.1 Å². The molecule has 3 rings (SSSR count). The standard InChI is InChI=1S/C24H20ClF3O8S/c1-12-10-15(18(25)19(20(12)37(2,32)33)36-22(28)21(26)27)24(31)34-14-8-9-17(16(29)11-14)35-23(30)13-6-4-3-5-7-13/h3-7,10-11,17,21-22H,8-9H2,1-2H3. The van der Waals surface area contributed by atoms with Crippen LogP contribution in [0, 0.1) is 6.92 Å². The molecule has 0 aromatic heterocycles. The Labute approximate surface area is 214 Å². The van der Waals surface area contributed by atoms with Crippen molar-refractivity contribution < 1.29 is 50.2 Å². The average Bonchev–Trinajstić information content (AvgIpc) is 2.82. The molecule has 0 N–H and O–H groups in total. The summed E-state index contributed by atoms with van der Waals surface area (Å²) in [6.45, 7) is 1.22. The minimum Gasteiger partial charge on any atom is -0.451 e. The van der Waals surface area contributed by atoms with Crippen molar-refractivity contribution in [3.05, 3.63) is 69.9 Å². The summed E-state index contributed by atoms with van der Waals surface area (Å²) in [5.41, 5.74) is -0.398. The number of hydrogen-bond donors (Lipinski definition) is 0. The molecule has 8 nitrogen and oxygen atoms in total. The van der Waals surface area contributed by atoms with Crippen molar-refractivity contribution in [3.63, 3.8) is 0 Å². The number of rotatable bonds is 8. The first-order chi connectivity index (χ1) is 17.3. The van der Waals surface area contributed by atoms with Crippen molar-refractivity contribution in [2.45, 2.75) is 43.5 Å². The molecule has 0 fully saturated rings. The number of alkyl halides is 3.